The number of hydrogen-bond donors (Lipinski definition) is 1. The average molecular weight is 296 g/mol. The van der Waals surface area contributed by atoms with Crippen LogP contribution >= 0.6 is 0 Å². The fourth-order valence-electron chi connectivity index (χ4n) is 3.45. The second kappa shape index (κ2) is 6.55. The molecule has 1 aliphatic heterocycles. The van der Waals surface area contributed by atoms with E-state index in [0.29, 0.717) is 11.5 Å². The molecular formula is C17H32N2O2. The summed E-state index contributed by atoms with van der Waals surface area (Å²) in [6.45, 7) is 10.8. The maximum atomic E-state index is 12.2. The minimum absolute atomic E-state index is 0.153. The molecule has 0 radical (unpaired) electrons. The zero-order valence-corrected chi connectivity index (χ0v) is 14.2. The lowest BCUT2D eigenvalue weighted by molar-refractivity contribution is 0.0163. The molecule has 21 heavy (non-hydrogen) atoms. The lowest BCUT2D eigenvalue weighted by atomic mass is 9.95. The molecule has 0 bridgehead atoms. The van der Waals surface area contributed by atoms with Crippen molar-refractivity contribution in [2.24, 2.45) is 5.92 Å². The Morgan fingerprint density at radius 3 is 2.57 bits per heavy atom. The van der Waals surface area contributed by atoms with Crippen LogP contribution in [0.15, 0.2) is 0 Å². The minimum atomic E-state index is -0.403. The molecule has 1 saturated carbocycles. The van der Waals surface area contributed by atoms with Gasteiger partial charge in [-0.3, -0.25) is 0 Å². The van der Waals surface area contributed by atoms with Crippen molar-refractivity contribution < 1.29 is 9.53 Å². The fourth-order valence-corrected chi connectivity index (χ4v) is 3.45. The molecule has 2 aliphatic rings. The largest absolute Gasteiger partial charge is 0.444 e. The number of nitrogens with one attached hydrogen (secondary N) is 1. The molecule has 4 heteroatoms. The first-order valence-electron chi connectivity index (χ1n) is 8.50. The summed E-state index contributed by atoms with van der Waals surface area (Å²) in [5.41, 5.74) is -0.0756. The van der Waals surface area contributed by atoms with Gasteiger partial charge in [0.15, 0.2) is 0 Å². The summed E-state index contributed by atoms with van der Waals surface area (Å²) in [4.78, 5) is 14.1. The molecule has 1 amide bonds. The topological polar surface area (TPSA) is 41.6 Å². The molecule has 0 spiro atoms. The zero-order chi connectivity index (χ0) is 15.5. The highest BCUT2D eigenvalue weighted by Crippen LogP contribution is 2.29. The van der Waals surface area contributed by atoms with Crippen LogP contribution in [0.2, 0.25) is 0 Å². The number of rotatable bonds is 3. The summed E-state index contributed by atoms with van der Waals surface area (Å²) >= 11 is 0. The Morgan fingerprint density at radius 1 is 1.29 bits per heavy atom. The zero-order valence-electron chi connectivity index (χ0n) is 14.2. The number of ether oxygens (including phenoxy) is 1. The molecule has 122 valence electrons. The van der Waals surface area contributed by atoms with Crippen molar-refractivity contribution in [2.45, 2.75) is 77.4 Å². The van der Waals surface area contributed by atoms with E-state index >= 15 is 0 Å². The molecule has 1 unspecified atom stereocenters. The Balaban J connectivity index is 1.79. The number of piperidine rings is 1. The van der Waals surface area contributed by atoms with Gasteiger partial charge in [0.2, 0.25) is 0 Å². The number of carbonyl (C=O) groups is 1. The van der Waals surface area contributed by atoms with E-state index in [1.165, 1.54) is 32.1 Å². The summed E-state index contributed by atoms with van der Waals surface area (Å²) in [5.74, 6) is 0.559. The van der Waals surface area contributed by atoms with E-state index in [2.05, 4.69) is 12.2 Å². The first-order chi connectivity index (χ1) is 9.77. The Labute approximate surface area is 129 Å². The Morgan fingerprint density at radius 2 is 1.95 bits per heavy atom. The van der Waals surface area contributed by atoms with Gasteiger partial charge in [0.25, 0.3) is 0 Å². The monoisotopic (exact) mass is 296 g/mol. The molecule has 1 saturated heterocycles. The van der Waals surface area contributed by atoms with E-state index in [1.807, 2.05) is 25.7 Å². The molecule has 1 heterocycles. The highest BCUT2D eigenvalue weighted by Gasteiger charge is 2.31. The third kappa shape index (κ3) is 5.17. The van der Waals surface area contributed by atoms with E-state index in [4.69, 9.17) is 4.74 Å². The van der Waals surface area contributed by atoms with Crippen molar-refractivity contribution >= 4 is 6.09 Å². The maximum absolute atomic E-state index is 12.2. The summed E-state index contributed by atoms with van der Waals surface area (Å²) in [5, 5.41) is 3.76. The van der Waals surface area contributed by atoms with Gasteiger partial charge in [-0.05, 0) is 59.3 Å². The van der Waals surface area contributed by atoms with Gasteiger partial charge >= 0.3 is 6.09 Å². The maximum Gasteiger partial charge on any atom is 0.410 e. The SMILES string of the molecule is CC1(NCC2CCCN(C(=O)OC(C)(C)C)C2)CCCC1. The van der Waals surface area contributed by atoms with Gasteiger partial charge in [-0.15, -0.1) is 0 Å². The second-order valence-electron chi connectivity index (χ2n) is 8.08. The van der Waals surface area contributed by atoms with Gasteiger partial charge in [0, 0.05) is 25.2 Å². The van der Waals surface area contributed by atoms with E-state index < -0.39 is 5.60 Å². The van der Waals surface area contributed by atoms with Crippen LogP contribution < -0.4 is 5.32 Å². The fraction of sp³-hybridized carbons (Fsp3) is 0.941. The third-order valence-corrected chi connectivity index (χ3v) is 4.70. The minimum Gasteiger partial charge on any atom is -0.444 e. The van der Waals surface area contributed by atoms with E-state index in [9.17, 15) is 4.79 Å². The van der Waals surface area contributed by atoms with Crippen molar-refractivity contribution in [3.8, 4) is 0 Å². The van der Waals surface area contributed by atoms with Crippen LogP contribution in [0.25, 0.3) is 0 Å². The van der Waals surface area contributed by atoms with Crippen molar-refractivity contribution in [2.75, 3.05) is 19.6 Å². The van der Waals surface area contributed by atoms with Crippen LogP contribution in [0.4, 0.5) is 4.79 Å². The smallest absolute Gasteiger partial charge is 0.410 e. The molecule has 2 fully saturated rings. The van der Waals surface area contributed by atoms with Crippen LogP contribution in [0.1, 0.15) is 66.2 Å². The van der Waals surface area contributed by atoms with Gasteiger partial charge in [0.1, 0.15) is 5.60 Å². The highest BCUT2D eigenvalue weighted by atomic mass is 16.6. The quantitative estimate of drug-likeness (QED) is 0.866. The summed E-state index contributed by atoms with van der Waals surface area (Å²) in [6, 6.07) is 0. The van der Waals surface area contributed by atoms with Crippen LogP contribution in [0, 0.1) is 5.92 Å². The molecule has 0 aromatic rings. The summed E-state index contributed by atoms with van der Waals surface area (Å²) in [7, 11) is 0. The summed E-state index contributed by atoms with van der Waals surface area (Å²) in [6.07, 6.45) is 7.41. The number of likely N-dealkylation sites (tertiary alicyclic amines) is 1. The lowest BCUT2D eigenvalue weighted by Gasteiger charge is -2.36. The van der Waals surface area contributed by atoms with Gasteiger partial charge in [-0.25, -0.2) is 4.79 Å². The van der Waals surface area contributed by atoms with Crippen LogP contribution in [0.5, 0.6) is 0 Å². The first kappa shape index (κ1) is 16.6. The van der Waals surface area contributed by atoms with Crippen molar-refractivity contribution in [3.63, 3.8) is 0 Å². The van der Waals surface area contributed by atoms with Gasteiger partial charge in [0.05, 0.1) is 0 Å². The second-order valence-corrected chi connectivity index (χ2v) is 8.08. The predicted molar refractivity (Wildman–Crippen MR) is 85.4 cm³/mol. The molecule has 0 aromatic heterocycles. The van der Waals surface area contributed by atoms with Crippen molar-refractivity contribution in [1.82, 2.24) is 10.2 Å². The molecular weight excluding hydrogens is 264 g/mol. The molecule has 1 N–H and O–H groups in total. The molecule has 2 rings (SSSR count). The normalized spacial score (nSPS) is 25.9. The number of nitrogens with zero attached hydrogens (tertiary/aromatic N) is 1. The van der Waals surface area contributed by atoms with E-state index in [1.54, 1.807) is 0 Å². The lowest BCUT2D eigenvalue weighted by Crippen LogP contribution is -2.48. The van der Waals surface area contributed by atoms with Crippen LogP contribution in [-0.4, -0.2) is 41.8 Å². The summed E-state index contributed by atoms with van der Waals surface area (Å²) < 4.78 is 5.49. The van der Waals surface area contributed by atoms with Crippen LogP contribution in [0.3, 0.4) is 0 Å². The predicted octanol–water partition coefficient (Wildman–Crippen LogP) is 3.56. The third-order valence-electron chi connectivity index (χ3n) is 4.70. The molecule has 4 nitrogen and oxygen atoms in total. The van der Waals surface area contributed by atoms with Gasteiger partial charge in [-0.1, -0.05) is 12.8 Å². The number of hydrogen-bond acceptors (Lipinski definition) is 3. The highest BCUT2D eigenvalue weighted by molar-refractivity contribution is 5.68. The average Bonchev–Trinajstić information content (AvgIpc) is 2.82. The van der Waals surface area contributed by atoms with Crippen molar-refractivity contribution in [3.05, 3.63) is 0 Å². The van der Waals surface area contributed by atoms with E-state index in [-0.39, 0.29) is 6.09 Å². The number of carbonyl (C=O) groups excluding carboxylic acids is 1. The van der Waals surface area contributed by atoms with Gasteiger partial charge in [-0.2, -0.15) is 0 Å². The molecule has 1 aliphatic carbocycles. The standard InChI is InChI=1S/C17H32N2O2/c1-16(2,3)21-15(20)19-11-7-8-14(13-19)12-18-17(4)9-5-6-10-17/h14,18H,5-13H2,1-4H3. The van der Waals surface area contributed by atoms with Crippen molar-refractivity contribution in [1.29, 1.82) is 0 Å². The Kier molecular flexibility index (Phi) is 5.18. The Hall–Kier alpha value is -0.770. The number of amides is 1. The first-order valence-corrected chi connectivity index (χ1v) is 8.50. The molecule has 0 aromatic carbocycles. The van der Waals surface area contributed by atoms with E-state index in [0.717, 1.165) is 26.1 Å². The Bertz CT molecular complexity index is 356. The van der Waals surface area contributed by atoms with Gasteiger partial charge < -0.3 is 15.0 Å². The van der Waals surface area contributed by atoms with Crippen LogP contribution in [-0.2, 0) is 4.74 Å². The molecule has 1 atom stereocenters.